The molecule has 0 aromatic heterocycles. The Morgan fingerprint density at radius 2 is 1.03 bits per heavy atom. The van der Waals surface area contributed by atoms with Crippen LogP contribution < -0.4 is 5.22 Å². The third-order valence-electron chi connectivity index (χ3n) is 13.0. The Bertz CT molecular complexity index is 3340. The number of hydrogen-bond acceptors (Lipinski definition) is 0. The maximum absolute atomic E-state index is 2.49. The number of benzene rings is 10. The van der Waals surface area contributed by atoms with Crippen LogP contribution in [0.3, 0.4) is 0 Å². The van der Waals surface area contributed by atoms with Crippen LogP contribution in [0.15, 0.2) is 206 Å². The van der Waals surface area contributed by atoms with E-state index in [2.05, 4.69) is 206 Å². The van der Waals surface area contributed by atoms with Crippen molar-refractivity contribution in [3.63, 3.8) is 0 Å². The Labute approximate surface area is 352 Å². The highest BCUT2D eigenvalue weighted by Crippen LogP contribution is 2.60. The molecule has 284 valence electrons. The van der Waals surface area contributed by atoms with Gasteiger partial charge in [-0.2, -0.15) is 0 Å². The summed E-state index contributed by atoms with van der Waals surface area (Å²) < 4.78 is 0. The molecule has 0 nitrogen and oxygen atoms in total. The van der Waals surface area contributed by atoms with Crippen molar-refractivity contribution in [3.8, 4) is 33.4 Å². The van der Waals surface area contributed by atoms with Crippen molar-refractivity contribution in [2.24, 2.45) is 0 Å². The van der Waals surface area contributed by atoms with Crippen LogP contribution in [0.5, 0.6) is 0 Å². The van der Waals surface area contributed by atoms with Crippen LogP contribution in [0.2, 0.25) is 0 Å². The van der Waals surface area contributed by atoms with E-state index < -0.39 is 5.41 Å². The van der Waals surface area contributed by atoms with Gasteiger partial charge in [0.25, 0.3) is 0 Å². The summed E-state index contributed by atoms with van der Waals surface area (Å²) in [6.45, 7) is 4.00. The van der Waals surface area contributed by atoms with Crippen LogP contribution in [0.4, 0.5) is 0 Å². The summed E-state index contributed by atoms with van der Waals surface area (Å²) in [5.74, 6) is 0. The van der Waals surface area contributed by atoms with Crippen LogP contribution in [-0.4, -0.2) is 0 Å². The van der Waals surface area contributed by atoms with Crippen molar-refractivity contribution in [1.82, 2.24) is 0 Å². The third-order valence-corrected chi connectivity index (χ3v) is 13.0. The molecular weight excluding hydrogens is 721 g/mol. The number of allylic oxidation sites excluding steroid dienone is 3. The zero-order valence-electron chi connectivity index (χ0n) is 34.0. The summed E-state index contributed by atoms with van der Waals surface area (Å²) in [5, 5.41) is 11.9. The van der Waals surface area contributed by atoms with E-state index in [-0.39, 0.29) is 0 Å². The summed E-state index contributed by atoms with van der Waals surface area (Å²) in [5.41, 5.74) is 13.6. The minimum absolute atomic E-state index is 0.520. The minimum atomic E-state index is -0.520. The van der Waals surface area contributed by atoms with Crippen molar-refractivity contribution in [3.05, 3.63) is 239 Å². The van der Waals surface area contributed by atoms with E-state index in [1.165, 1.54) is 110 Å². The first-order valence-electron chi connectivity index (χ1n) is 21.2. The molecule has 0 aliphatic heterocycles. The van der Waals surface area contributed by atoms with Crippen LogP contribution in [0, 0.1) is 0 Å². The van der Waals surface area contributed by atoms with E-state index in [0.717, 1.165) is 6.42 Å². The van der Waals surface area contributed by atoms with Gasteiger partial charge in [-0.3, -0.25) is 0 Å². The standard InChI is InChI=1S/C56H36.C4H8/c1-3-15-42(16-4-1)56(43-17-5-2-6-18-43)51-35-41(31-34-50(51)54-47-21-11-9-19-45(47)46-20-10-12-22-49(46)55(54)56)36-23-25-37(26-24-36)44-32-29-40-28-27-38-13-7-8-14-39-30-33-48(44)53(40)52(38)39;1-3-4-2/h1-6,8-35H,7H2;3-4H,1-2H3/b;4-3-. The fourth-order valence-electron chi connectivity index (χ4n) is 10.3. The first-order chi connectivity index (χ1) is 29.7. The van der Waals surface area contributed by atoms with Crippen molar-refractivity contribution in [2.75, 3.05) is 0 Å². The van der Waals surface area contributed by atoms with E-state index in [0.29, 0.717) is 0 Å². The summed E-state index contributed by atoms with van der Waals surface area (Å²) in [6, 6.07) is 70.7. The predicted octanol–water partition coefficient (Wildman–Crippen LogP) is 15.5. The van der Waals surface area contributed by atoms with Crippen LogP contribution in [0.25, 0.3) is 88.6 Å². The zero-order valence-corrected chi connectivity index (χ0v) is 34.0. The SMILES string of the molecule is C/C=C\C.C1=Cc2ccc3c(-c4ccc(-c5ccc6c(c5)C(c5ccccc5)(c5ccccc5)c5c-6c6ccccc6c6ccccc56)cc4)ccc4ccc(c2c43)=CC1. The van der Waals surface area contributed by atoms with E-state index in [1.807, 2.05) is 26.0 Å². The van der Waals surface area contributed by atoms with Gasteiger partial charge in [-0.25, -0.2) is 0 Å². The molecule has 12 rings (SSSR count). The maximum atomic E-state index is 2.49. The molecule has 0 spiro atoms. The van der Waals surface area contributed by atoms with Gasteiger partial charge < -0.3 is 0 Å². The Balaban J connectivity index is 0.000000980. The summed E-state index contributed by atoms with van der Waals surface area (Å²) in [6.07, 6.45) is 11.9. The third kappa shape index (κ3) is 5.38. The maximum Gasteiger partial charge on any atom is 0.0720 e. The van der Waals surface area contributed by atoms with Gasteiger partial charge in [0.2, 0.25) is 0 Å². The number of rotatable bonds is 4. The lowest BCUT2D eigenvalue weighted by Crippen LogP contribution is -2.29. The van der Waals surface area contributed by atoms with Gasteiger partial charge in [-0.15, -0.1) is 0 Å². The van der Waals surface area contributed by atoms with Gasteiger partial charge in [-0.05, 0) is 136 Å². The highest BCUT2D eigenvalue weighted by molar-refractivity contribution is 6.20. The molecule has 0 bridgehead atoms. The van der Waals surface area contributed by atoms with Crippen molar-refractivity contribution in [2.45, 2.75) is 25.7 Å². The lowest BCUT2D eigenvalue weighted by atomic mass is 9.66. The summed E-state index contributed by atoms with van der Waals surface area (Å²) in [7, 11) is 0. The second kappa shape index (κ2) is 14.5. The number of fused-ring (bicyclic) bond motifs is 8. The second-order valence-electron chi connectivity index (χ2n) is 16.1. The highest BCUT2D eigenvalue weighted by atomic mass is 14.5. The monoisotopic (exact) mass is 764 g/mol. The van der Waals surface area contributed by atoms with Gasteiger partial charge >= 0.3 is 0 Å². The van der Waals surface area contributed by atoms with E-state index in [1.54, 1.807) is 0 Å². The minimum Gasteiger partial charge on any atom is -0.0919 e. The molecule has 0 atom stereocenters. The van der Waals surface area contributed by atoms with Gasteiger partial charge in [0.05, 0.1) is 5.41 Å². The van der Waals surface area contributed by atoms with E-state index >= 15 is 0 Å². The van der Waals surface area contributed by atoms with Gasteiger partial charge in [0, 0.05) is 0 Å². The normalized spacial score (nSPS) is 13.6. The average Bonchev–Trinajstić information content (AvgIpc) is 3.47. The highest BCUT2D eigenvalue weighted by Gasteiger charge is 2.48. The molecular formula is C60H44. The van der Waals surface area contributed by atoms with Gasteiger partial charge in [0.1, 0.15) is 0 Å². The van der Waals surface area contributed by atoms with Crippen molar-refractivity contribution >= 4 is 55.2 Å². The first-order valence-corrected chi connectivity index (χ1v) is 21.2. The summed E-state index contributed by atoms with van der Waals surface area (Å²) >= 11 is 0. The fourth-order valence-corrected chi connectivity index (χ4v) is 10.3. The largest absolute Gasteiger partial charge is 0.0919 e. The molecule has 2 aliphatic carbocycles. The molecule has 0 saturated heterocycles. The lowest BCUT2D eigenvalue weighted by Gasteiger charge is -2.35. The smallest absolute Gasteiger partial charge is 0.0720 e. The van der Waals surface area contributed by atoms with Crippen LogP contribution in [-0.2, 0) is 5.41 Å². The Morgan fingerprint density at radius 1 is 0.450 bits per heavy atom. The van der Waals surface area contributed by atoms with Crippen LogP contribution >= 0.6 is 0 Å². The first kappa shape index (κ1) is 35.8. The molecule has 0 saturated carbocycles. The number of hydrogen-bond donors (Lipinski definition) is 0. The molecule has 2 aliphatic rings. The van der Waals surface area contributed by atoms with E-state index in [9.17, 15) is 0 Å². The molecule has 0 radical (unpaired) electrons. The van der Waals surface area contributed by atoms with Crippen molar-refractivity contribution < 1.29 is 0 Å². The molecule has 60 heavy (non-hydrogen) atoms. The average molecular weight is 765 g/mol. The molecule has 0 unspecified atom stereocenters. The predicted molar refractivity (Wildman–Crippen MR) is 258 cm³/mol. The summed E-state index contributed by atoms with van der Waals surface area (Å²) in [4.78, 5) is 0. The Kier molecular flexibility index (Phi) is 8.68. The van der Waals surface area contributed by atoms with Crippen LogP contribution in [0.1, 0.15) is 48.1 Å². The molecule has 0 heteroatoms. The van der Waals surface area contributed by atoms with Crippen molar-refractivity contribution in [1.29, 1.82) is 0 Å². The Hall–Kier alpha value is -7.28. The molecule has 10 aromatic carbocycles. The lowest BCUT2D eigenvalue weighted by molar-refractivity contribution is 0.776. The van der Waals surface area contributed by atoms with Gasteiger partial charge in [-0.1, -0.05) is 212 Å². The van der Waals surface area contributed by atoms with Gasteiger partial charge in [0.15, 0.2) is 0 Å². The zero-order chi connectivity index (χ0) is 40.2. The Morgan fingerprint density at radius 3 is 1.73 bits per heavy atom. The second-order valence-corrected chi connectivity index (χ2v) is 16.1. The molecule has 0 fully saturated rings. The molecule has 0 amide bonds. The molecule has 10 aromatic rings. The molecule has 0 heterocycles. The van der Waals surface area contributed by atoms with E-state index in [4.69, 9.17) is 0 Å². The quantitative estimate of drug-likeness (QED) is 0.124. The fraction of sp³-hybridized carbons (Fsp3) is 0.0667. The molecule has 0 N–H and O–H groups in total. The topological polar surface area (TPSA) is 0 Å².